The SMILES string of the molecule is CON1C(=O)CCC1=O.O=C[C@@H]1CSCCN1. The van der Waals surface area contributed by atoms with Crippen molar-refractivity contribution in [2.45, 2.75) is 18.9 Å². The summed E-state index contributed by atoms with van der Waals surface area (Å²) in [4.78, 5) is 35.7. The first-order chi connectivity index (χ1) is 8.19. The van der Waals surface area contributed by atoms with E-state index in [1.54, 1.807) is 0 Å². The Balaban J connectivity index is 0.000000171. The molecule has 1 atom stereocenters. The third kappa shape index (κ3) is 4.45. The molecule has 2 fully saturated rings. The number of nitrogens with one attached hydrogen (secondary N) is 1. The first-order valence-electron chi connectivity index (χ1n) is 5.35. The van der Waals surface area contributed by atoms with Gasteiger partial charge in [0.15, 0.2) is 0 Å². The van der Waals surface area contributed by atoms with Crippen molar-refractivity contribution in [1.82, 2.24) is 10.4 Å². The molecule has 0 bridgehead atoms. The molecule has 2 rings (SSSR count). The van der Waals surface area contributed by atoms with Gasteiger partial charge in [-0.1, -0.05) is 0 Å². The lowest BCUT2D eigenvalue weighted by molar-refractivity contribution is -0.179. The largest absolute Gasteiger partial charge is 0.306 e. The maximum Gasteiger partial charge on any atom is 0.253 e. The minimum Gasteiger partial charge on any atom is -0.306 e. The van der Waals surface area contributed by atoms with Crippen molar-refractivity contribution in [3.8, 4) is 0 Å². The molecule has 2 amide bonds. The highest BCUT2D eigenvalue weighted by molar-refractivity contribution is 7.99. The number of thioether (sulfide) groups is 1. The van der Waals surface area contributed by atoms with Crippen molar-refractivity contribution in [2.75, 3.05) is 25.2 Å². The number of carbonyl (C=O) groups excluding carboxylic acids is 3. The number of amides is 2. The molecular formula is C10H16N2O4S. The standard InChI is InChI=1S/C5H7NO3.C5H9NOS/c1-9-6-4(7)2-3-5(6)8;7-3-5-4-8-2-1-6-5/h2-3H2,1H3;3,5-6H,1-2,4H2/t;5-/m.1/s1. The molecular weight excluding hydrogens is 244 g/mol. The van der Waals surface area contributed by atoms with E-state index >= 15 is 0 Å². The Kier molecular flexibility index (Phi) is 6.17. The number of hydroxylamine groups is 2. The van der Waals surface area contributed by atoms with Gasteiger partial charge in [0, 0.05) is 30.9 Å². The highest BCUT2D eigenvalue weighted by atomic mass is 32.2. The van der Waals surface area contributed by atoms with Gasteiger partial charge in [0.1, 0.15) is 6.29 Å². The second-order valence-corrected chi connectivity index (χ2v) is 4.69. The van der Waals surface area contributed by atoms with Gasteiger partial charge >= 0.3 is 0 Å². The van der Waals surface area contributed by atoms with Crippen LogP contribution in [0.2, 0.25) is 0 Å². The molecule has 0 spiro atoms. The van der Waals surface area contributed by atoms with Gasteiger partial charge in [-0.2, -0.15) is 16.8 Å². The van der Waals surface area contributed by atoms with Gasteiger partial charge in [-0.05, 0) is 0 Å². The first kappa shape index (κ1) is 14.1. The van der Waals surface area contributed by atoms with Crippen LogP contribution in [0.15, 0.2) is 0 Å². The second kappa shape index (κ2) is 7.41. The van der Waals surface area contributed by atoms with E-state index in [0.29, 0.717) is 0 Å². The maximum absolute atomic E-state index is 10.6. The van der Waals surface area contributed by atoms with Crippen LogP contribution >= 0.6 is 11.8 Å². The monoisotopic (exact) mass is 260 g/mol. The summed E-state index contributed by atoms with van der Waals surface area (Å²) in [5.41, 5.74) is 0. The van der Waals surface area contributed by atoms with E-state index in [-0.39, 0.29) is 30.7 Å². The van der Waals surface area contributed by atoms with Crippen molar-refractivity contribution in [3.63, 3.8) is 0 Å². The molecule has 2 aliphatic heterocycles. The van der Waals surface area contributed by atoms with Crippen molar-refractivity contribution in [2.24, 2.45) is 0 Å². The number of rotatable bonds is 2. The number of hydrogen-bond acceptors (Lipinski definition) is 6. The van der Waals surface area contributed by atoms with Crippen LogP contribution < -0.4 is 5.32 Å². The Morgan fingerprint density at radius 2 is 2.06 bits per heavy atom. The smallest absolute Gasteiger partial charge is 0.253 e. The fourth-order valence-electron chi connectivity index (χ4n) is 1.43. The van der Waals surface area contributed by atoms with E-state index in [1.165, 1.54) is 7.11 Å². The number of aldehydes is 1. The first-order valence-corrected chi connectivity index (χ1v) is 6.50. The third-order valence-electron chi connectivity index (χ3n) is 2.30. The molecule has 1 N–H and O–H groups in total. The molecule has 96 valence electrons. The summed E-state index contributed by atoms with van der Waals surface area (Å²) in [6.45, 7) is 0.980. The summed E-state index contributed by atoms with van der Waals surface area (Å²) < 4.78 is 0. The van der Waals surface area contributed by atoms with Crippen LogP contribution in [0.5, 0.6) is 0 Å². The summed E-state index contributed by atoms with van der Waals surface area (Å²) in [6, 6.07) is 0.119. The summed E-state index contributed by atoms with van der Waals surface area (Å²) >= 11 is 1.83. The summed E-state index contributed by atoms with van der Waals surface area (Å²) in [6.07, 6.45) is 1.55. The average molecular weight is 260 g/mol. The molecule has 2 heterocycles. The lowest BCUT2D eigenvalue weighted by atomic mass is 10.4. The van der Waals surface area contributed by atoms with Gasteiger partial charge in [0.2, 0.25) is 0 Å². The Morgan fingerprint density at radius 3 is 2.35 bits per heavy atom. The zero-order chi connectivity index (χ0) is 12.7. The minimum absolute atomic E-state index is 0.119. The third-order valence-corrected chi connectivity index (χ3v) is 3.39. The van der Waals surface area contributed by atoms with Crippen LogP contribution in [0.25, 0.3) is 0 Å². The van der Waals surface area contributed by atoms with E-state index in [2.05, 4.69) is 10.2 Å². The van der Waals surface area contributed by atoms with Crippen LogP contribution in [0.4, 0.5) is 0 Å². The topological polar surface area (TPSA) is 75.7 Å². The number of nitrogens with zero attached hydrogens (tertiary/aromatic N) is 1. The Labute approximate surface area is 104 Å². The summed E-state index contributed by atoms with van der Waals surface area (Å²) in [5, 5.41) is 3.87. The van der Waals surface area contributed by atoms with Crippen LogP contribution in [-0.2, 0) is 19.2 Å². The van der Waals surface area contributed by atoms with E-state index < -0.39 is 0 Å². The molecule has 0 aromatic rings. The van der Waals surface area contributed by atoms with Crippen LogP contribution in [0.1, 0.15) is 12.8 Å². The molecule has 7 heteroatoms. The molecule has 0 aliphatic carbocycles. The average Bonchev–Trinajstić information content (AvgIpc) is 2.70. The van der Waals surface area contributed by atoms with E-state index in [4.69, 9.17) is 0 Å². The Bertz CT molecular complexity index is 276. The highest BCUT2D eigenvalue weighted by Gasteiger charge is 2.28. The lowest BCUT2D eigenvalue weighted by Gasteiger charge is -2.16. The molecule has 0 unspecified atom stereocenters. The summed E-state index contributed by atoms with van der Waals surface area (Å²) in [7, 11) is 1.31. The summed E-state index contributed by atoms with van der Waals surface area (Å²) in [5.74, 6) is 1.60. The molecule has 0 aromatic carbocycles. The number of hydrogen-bond donors (Lipinski definition) is 1. The zero-order valence-corrected chi connectivity index (χ0v) is 10.5. The van der Waals surface area contributed by atoms with Crippen molar-refractivity contribution in [1.29, 1.82) is 0 Å². The zero-order valence-electron chi connectivity index (χ0n) is 9.68. The lowest BCUT2D eigenvalue weighted by Crippen LogP contribution is -2.38. The van der Waals surface area contributed by atoms with Crippen LogP contribution in [0, 0.1) is 0 Å². The number of imide groups is 1. The fourth-order valence-corrected chi connectivity index (χ4v) is 2.31. The van der Waals surface area contributed by atoms with Gasteiger partial charge in [-0.3, -0.25) is 14.4 Å². The van der Waals surface area contributed by atoms with Crippen molar-refractivity contribution < 1.29 is 19.2 Å². The van der Waals surface area contributed by atoms with Gasteiger partial charge in [0.25, 0.3) is 11.8 Å². The molecule has 2 aliphatic rings. The second-order valence-electron chi connectivity index (χ2n) is 3.54. The molecule has 17 heavy (non-hydrogen) atoms. The van der Waals surface area contributed by atoms with Crippen molar-refractivity contribution >= 4 is 29.9 Å². The predicted molar refractivity (Wildman–Crippen MR) is 63.3 cm³/mol. The highest BCUT2D eigenvalue weighted by Crippen LogP contribution is 2.10. The van der Waals surface area contributed by atoms with Crippen LogP contribution in [0.3, 0.4) is 0 Å². The molecule has 0 aromatic heterocycles. The normalized spacial score (nSPS) is 24.3. The molecule has 6 nitrogen and oxygen atoms in total. The van der Waals surface area contributed by atoms with E-state index in [1.807, 2.05) is 11.8 Å². The van der Waals surface area contributed by atoms with E-state index in [0.717, 1.165) is 29.4 Å². The van der Waals surface area contributed by atoms with Gasteiger partial charge in [-0.25, -0.2) is 0 Å². The minimum atomic E-state index is -0.248. The van der Waals surface area contributed by atoms with Gasteiger partial charge < -0.3 is 10.1 Å². The molecule has 0 saturated carbocycles. The molecule has 0 radical (unpaired) electrons. The molecule has 2 saturated heterocycles. The van der Waals surface area contributed by atoms with E-state index in [9.17, 15) is 14.4 Å². The van der Waals surface area contributed by atoms with Gasteiger partial charge in [0.05, 0.1) is 13.2 Å². The maximum atomic E-state index is 10.6. The predicted octanol–water partition coefficient (Wildman–Crippen LogP) is -0.413. The fraction of sp³-hybridized carbons (Fsp3) is 0.700. The Morgan fingerprint density at radius 1 is 1.41 bits per heavy atom. The van der Waals surface area contributed by atoms with Crippen LogP contribution in [-0.4, -0.2) is 54.4 Å². The van der Waals surface area contributed by atoms with Gasteiger partial charge in [-0.15, -0.1) is 0 Å². The van der Waals surface area contributed by atoms with Crippen molar-refractivity contribution in [3.05, 3.63) is 0 Å². The number of carbonyl (C=O) groups is 3. The Hall–Kier alpha value is -0.920. The quantitative estimate of drug-likeness (QED) is 0.537.